The summed E-state index contributed by atoms with van der Waals surface area (Å²) in [5, 5.41) is 0. The van der Waals surface area contributed by atoms with Crippen molar-refractivity contribution in [2.45, 2.75) is 26.8 Å². The zero-order valence-corrected chi connectivity index (χ0v) is 11.2. The summed E-state index contributed by atoms with van der Waals surface area (Å²) in [4.78, 5) is 13.9. The molecular formula is C14H21FN2O. The van der Waals surface area contributed by atoms with Crippen molar-refractivity contribution in [3.63, 3.8) is 0 Å². The van der Waals surface area contributed by atoms with Crippen LogP contribution in [0, 0.1) is 11.2 Å². The zero-order valence-electron chi connectivity index (χ0n) is 11.2. The van der Waals surface area contributed by atoms with Gasteiger partial charge < -0.3 is 10.6 Å². The highest BCUT2D eigenvalue weighted by molar-refractivity contribution is 5.82. The molecule has 0 spiro atoms. The van der Waals surface area contributed by atoms with E-state index in [1.165, 1.54) is 12.1 Å². The first kappa shape index (κ1) is 14.6. The Morgan fingerprint density at radius 3 is 2.39 bits per heavy atom. The molecule has 0 aliphatic rings. The highest BCUT2D eigenvalue weighted by atomic mass is 19.1. The Balaban J connectivity index is 2.73. The number of amides is 1. The first-order valence-corrected chi connectivity index (χ1v) is 6.13. The number of carbonyl (C=O) groups excluding carboxylic acids is 1. The van der Waals surface area contributed by atoms with Crippen LogP contribution in [0.25, 0.3) is 0 Å². The van der Waals surface area contributed by atoms with Crippen LogP contribution < -0.4 is 5.73 Å². The Morgan fingerprint density at radius 2 is 1.94 bits per heavy atom. The Bertz CT molecular complexity index is 399. The monoisotopic (exact) mass is 252 g/mol. The second-order valence-electron chi connectivity index (χ2n) is 4.91. The lowest BCUT2D eigenvalue weighted by Gasteiger charge is -2.30. The van der Waals surface area contributed by atoms with Crippen molar-refractivity contribution >= 4 is 5.91 Å². The maximum absolute atomic E-state index is 12.8. The molecule has 1 rings (SSSR count). The molecule has 0 saturated heterocycles. The lowest BCUT2D eigenvalue weighted by Crippen LogP contribution is -2.44. The summed E-state index contributed by atoms with van der Waals surface area (Å²) in [6.45, 7) is 4.62. The molecule has 2 N–H and O–H groups in total. The fraction of sp³-hybridized carbons (Fsp3) is 0.500. The molecule has 0 saturated carbocycles. The van der Waals surface area contributed by atoms with Gasteiger partial charge in [-0.1, -0.05) is 19.1 Å². The standard InChI is InChI=1S/C14H21FN2O/c1-4-14(2,10-16)13(18)17(3)9-11-5-7-12(15)8-6-11/h5-8H,4,9-10,16H2,1-3H3. The Hall–Kier alpha value is -1.42. The first-order valence-electron chi connectivity index (χ1n) is 6.13. The molecule has 1 unspecified atom stereocenters. The lowest BCUT2D eigenvalue weighted by molar-refractivity contribution is -0.140. The predicted molar refractivity (Wildman–Crippen MR) is 70.3 cm³/mol. The molecule has 1 aromatic carbocycles. The number of carbonyl (C=O) groups is 1. The quantitative estimate of drug-likeness (QED) is 0.873. The number of nitrogens with zero attached hydrogens (tertiary/aromatic N) is 1. The molecule has 1 aromatic rings. The molecule has 1 amide bonds. The largest absolute Gasteiger partial charge is 0.341 e. The normalized spacial score (nSPS) is 14.1. The van der Waals surface area contributed by atoms with Crippen molar-refractivity contribution in [2.75, 3.05) is 13.6 Å². The van der Waals surface area contributed by atoms with Crippen LogP contribution in [0.1, 0.15) is 25.8 Å². The smallest absolute Gasteiger partial charge is 0.229 e. The summed E-state index contributed by atoms with van der Waals surface area (Å²) in [6.07, 6.45) is 0.704. The average Bonchev–Trinajstić information content (AvgIpc) is 2.39. The molecule has 0 fully saturated rings. The number of hydrogen-bond acceptors (Lipinski definition) is 2. The fourth-order valence-corrected chi connectivity index (χ4v) is 1.78. The zero-order chi connectivity index (χ0) is 13.8. The Morgan fingerprint density at radius 1 is 1.39 bits per heavy atom. The van der Waals surface area contributed by atoms with E-state index in [4.69, 9.17) is 5.73 Å². The second-order valence-corrected chi connectivity index (χ2v) is 4.91. The number of benzene rings is 1. The predicted octanol–water partition coefficient (Wildman–Crippen LogP) is 2.16. The molecule has 100 valence electrons. The van der Waals surface area contributed by atoms with Crippen molar-refractivity contribution in [3.05, 3.63) is 35.6 Å². The van der Waals surface area contributed by atoms with Crippen LogP contribution in [-0.4, -0.2) is 24.4 Å². The van der Waals surface area contributed by atoms with Gasteiger partial charge in [0.25, 0.3) is 0 Å². The van der Waals surface area contributed by atoms with E-state index in [-0.39, 0.29) is 11.7 Å². The lowest BCUT2D eigenvalue weighted by atomic mass is 9.86. The Labute approximate surface area is 108 Å². The summed E-state index contributed by atoms with van der Waals surface area (Å²) < 4.78 is 12.8. The van der Waals surface area contributed by atoms with Crippen molar-refractivity contribution in [3.8, 4) is 0 Å². The van der Waals surface area contributed by atoms with Gasteiger partial charge in [-0.2, -0.15) is 0 Å². The SMILES string of the molecule is CCC(C)(CN)C(=O)N(C)Cc1ccc(F)cc1. The highest BCUT2D eigenvalue weighted by Gasteiger charge is 2.32. The van der Waals surface area contributed by atoms with E-state index in [2.05, 4.69) is 0 Å². The van der Waals surface area contributed by atoms with Crippen LogP contribution in [0.4, 0.5) is 4.39 Å². The topological polar surface area (TPSA) is 46.3 Å². The third kappa shape index (κ3) is 3.29. The summed E-state index contributed by atoms with van der Waals surface area (Å²) in [6, 6.07) is 6.17. The van der Waals surface area contributed by atoms with Gasteiger partial charge in [0.2, 0.25) is 5.91 Å². The number of rotatable bonds is 5. The van der Waals surface area contributed by atoms with Gasteiger partial charge >= 0.3 is 0 Å². The molecule has 4 heteroatoms. The van der Waals surface area contributed by atoms with Crippen LogP contribution in [-0.2, 0) is 11.3 Å². The average molecular weight is 252 g/mol. The van der Waals surface area contributed by atoms with Crippen molar-refractivity contribution in [1.29, 1.82) is 0 Å². The third-order valence-corrected chi connectivity index (χ3v) is 3.43. The molecule has 0 aliphatic heterocycles. The van der Waals surface area contributed by atoms with Gasteiger partial charge in [-0.05, 0) is 31.0 Å². The maximum atomic E-state index is 12.8. The second kappa shape index (κ2) is 5.96. The molecule has 0 aromatic heterocycles. The Kier molecular flexibility index (Phi) is 4.84. The maximum Gasteiger partial charge on any atom is 0.229 e. The van der Waals surface area contributed by atoms with Crippen LogP contribution in [0.15, 0.2) is 24.3 Å². The molecular weight excluding hydrogens is 231 g/mol. The molecule has 0 bridgehead atoms. The number of halogens is 1. The van der Waals surface area contributed by atoms with Gasteiger partial charge in [0, 0.05) is 20.1 Å². The van der Waals surface area contributed by atoms with Crippen molar-refractivity contribution < 1.29 is 9.18 Å². The van der Waals surface area contributed by atoms with Crippen LogP contribution >= 0.6 is 0 Å². The third-order valence-electron chi connectivity index (χ3n) is 3.43. The van der Waals surface area contributed by atoms with E-state index in [1.54, 1.807) is 24.1 Å². The minimum Gasteiger partial charge on any atom is -0.341 e. The van der Waals surface area contributed by atoms with E-state index in [0.717, 1.165) is 5.56 Å². The molecule has 0 aliphatic carbocycles. The van der Waals surface area contributed by atoms with Gasteiger partial charge in [0.1, 0.15) is 5.82 Å². The van der Waals surface area contributed by atoms with E-state index in [0.29, 0.717) is 19.5 Å². The highest BCUT2D eigenvalue weighted by Crippen LogP contribution is 2.22. The van der Waals surface area contributed by atoms with E-state index < -0.39 is 5.41 Å². The van der Waals surface area contributed by atoms with E-state index >= 15 is 0 Å². The van der Waals surface area contributed by atoms with Gasteiger partial charge in [-0.15, -0.1) is 0 Å². The van der Waals surface area contributed by atoms with E-state index in [9.17, 15) is 9.18 Å². The molecule has 1 atom stereocenters. The first-order chi connectivity index (χ1) is 8.42. The molecule has 18 heavy (non-hydrogen) atoms. The fourth-order valence-electron chi connectivity index (χ4n) is 1.78. The number of nitrogens with two attached hydrogens (primary N) is 1. The van der Waals surface area contributed by atoms with E-state index in [1.807, 2.05) is 13.8 Å². The molecule has 0 heterocycles. The van der Waals surface area contributed by atoms with Crippen LogP contribution in [0.3, 0.4) is 0 Å². The summed E-state index contributed by atoms with van der Waals surface area (Å²) in [5.41, 5.74) is 6.06. The molecule has 0 radical (unpaired) electrons. The van der Waals surface area contributed by atoms with Gasteiger partial charge in [0.15, 0.2) is 0 Å². The summed E-state index contributed by atoms with van der Waals surface area (Å²) in [7, 11) is 1.75. The minimum atomic E-state index is -0.519. The van der Waals surface area contributed by atoms with Crippen LogP contribution in [0.5, 0.6) is 0 Å². The molecule has 3 nitrogen and oxygen atoms in total. The van der Waals surface area contributed by atoms with Crippen LogP contribution in [0.2, 0.25) is 0 Å². The minimum absolute atomic E-state index is 0.0248. The number of hydrogen-bond donors (Lipinski definition) is 1. The van der Waals surface area contributed by atoms with Gasteiger partial charge in [-0.25, -0.2) is 4.39 Å². The van der Waals surface area contributed by atoms with Gasteiger partial charge in [0.05, 0.1) is 5.41 Å². The van der Waals surface area contributed by atoms with Gasteiger partial charge in [-0.3, -0.25) is 4.79 Å². The van der Waals surface area contributed by atoms with Crippen molar-refractivity contribution in [1.82, 2.24) is 4.90 Å². The summed E-state index contributed by atoms with van der Waals surface area (Å²) in [5.74, 6) is -0.245. The summed E-state index contributed by atoms with van der Waals surface area (Å²) >= 11 is 0. The van der Waals surface area contributed by atoms with Crippen molar-refractivity contribution in [2.24, 2.45) is 11.1 Å².